The maximum absolute atomic E-state index is 12.6. The molecule has 0 spiro atoms. The molecule has 0 saturated carbocycles. The molecule has 1 atom stereocenters. The summed E-state index contributed by atoms with van der Waals surface area (Å²) in [5.74, 6) is 1.01. The van der Waals surface area contributed by atoms with Crippen molar-refractivity contribution in [3.8, 4) is 0 Å². The van der Waals surface area contributed by atoms with Crippen molar-refractivity contribution >= 4 is 11.9 Å². The number of benzene rings is 1. The van der Waals surface area contributed by atoms with Crippen LogP contribution >= 0.6 is 0 Å². The molecule has 2 aliphatic rings. The number of amides is 1. The third kappa shape index (κ3) is 4.22. The highest BCUT2D eigenvalue weighted by Crippen LogP contribution is 2.32. The van der Waals surface area contributed by atoms with E-state index >= 15 is 0 Å². The Morgan fingerprint density at radius 1 is 1.11 bits per heavy atom. The van der Waals surface area contributed by atoms with E-state index in [4.69, 9.17) is 4.74 Å². The molecule has 6 nitrogen and oxygen atoms in total. The smallest absolute Gasteiger partial charge is 0.410 e. The Morgan fingerprint density at radius 2 is 1.93 bits per heavy atom. The molecule has 3 heterocycles. The van der Waals surface area contributed by atoms with E-state index in [0.29, 0.717) is 6.61 Å². The first-order valence-electron chi connectivity index (χ1n) is 9.70. The lowest BCUT2D eigenvalue weighted by molar-refractivity contribution is 0.0920. The molecule has 2 fully saturated rings. The normalized spacial score (nSPS) is 19.9. The topological polar surface area (TPSA) is 57.7 Å². The number of aromatic nitrogens is 1. The maximum Gasteiger partial charge on any atom is 0.410 e. The molecule has 0 aliphatic carbocycles. The van der Waals surface area contributed by atoms with Crippen LogP contribution in [0.15, 0.2) is 48.7 Å². The molecule has 1 aromatic carbocycles. The quantitative estimate of drug-likeness (QED) is 0.902. The van der Waals surface area contributed by atoms with Gasteiger partial charge in [0.1, 0.15) is 12.4 Å². The molecule has 1 aromatic heterocycles. The Kier molecular flexibility index (Phi) is 5.53. The molecule has 0 radical (unpaired) electrons. The summed E-state index contributed by atoms with van der Waals surface area (Å²) in [4.78, 5) is 21.4. The number of hydrogen-bond donors (Lipinski definition) is 1. The first-order valence-corrected chi connectivity index (χ1v) is 9.70. The molecular formula is C21H26N4O2. The zero-order valence-corrected chi connectivity index (χ0v) is 15.5. The number of pyridine rings is 1. The number of hydrogen-bond acceptors (Lipinski definition) is 5. The minimum absolute atomic E-state index is 0.0536. The maximum atomic E-state index is 12.6. The number of nitrogens with one attached hydrogen (secondary N) is 1. The van der Waals surface area contributed by atoms with Gasteiger partial charge in [-0.3, -0.25) is 0 Å². The Morgan fingerprint density at radius 3 is 2.67 bits per heavy atom. The van der Waals surface area contributed by atoms with Gasteiger partial charge in [0.2, 0.25) is 0 Å². The molecule has 0 bridgehead atoms. The van der Waals surface area contributed by atoms with Gasteiger partial charge in [0.05, 0.1) is 6.04 Å². The summed E-state index contributed by atoms with van der Waals surface area (Å²) in [5.41, 5.74) is 2.09. The fraction of sp³-hybridized carbons (Fsp3) is 0.429. The lowest BCUT2D eigenvalue weighted by atomic mass is 10.1. The number of nitrogens with zero attached hydrogens (tertiary/aromatic N) is 3. The van der Waals surface area contributed by atoms with Gasteiger partial charge in [0, 0.05) is 38.9 Å². The second kappa shape index (κ2) is 8.39. The molecule has 6 heteroatoms. The summed E-state index contributed by atoms with van der Waals surface area (Å²) in [7, 11) is 0. The number of carbonyl (C=O) groups is 1. The predicted octanol–water partition coefficient (Wildman–Crippen LogP) is 2.96. The Balaban J connectivity index is 1.39. The van der Waals surface area contributed by atoms with Crippen LogP contribution in [0.2, 0.25) is 0 Å². The van der Waals surface area contributed by atoms with Gasteiger partial charge in [0.25, 0.3) is 0 Å². The van der Waals surface area contributed by atoms with Gasteiger partial charge >= 0.3 is 6.09 Å². The Labute approximate surface area is 160 Å². The Hall–Kier alpha value is -2.60. The highest BCUT2D eigenvalue weighted by Gasteiger charge is 2.31. The summed E-state index contributed by atoms with van der Waals surface area (Å²) in [6.07, 6.45) is 3.62. The van der Waals surface area contributed by atoms with Gasteiger partial charge in [-0.15, -0.1) is 0 Å². The minimum Gasteiger partial charge on any atom is -0.445 e. The molecule has 27 heavy (non-hydrogen) atoms. The zero-order valence-electron chi connectivity index (χ0n) is 15.5. The molecular weight excluding hydrogens is 340 g/mol. The second-order valence-corrected chi connectivity index (χ2v) is 7.08. The number of piperazine rings is 1. The van der Waals surface area contributed by atoms with Crippen molar-refractivity contribution in [2.75, 3.05) is 37.6 Å². The van der Waals surface area contributed by atoms with Gasteiger partial charge in [-0.1, -0.05) is 36.4 Å². The van der Waals surface area contributed by atoms with Gasteiger partial charge in [-0.2, -0.15) is 0 Å². The SMILES string of the molecule is O=C(OCc1ccccc1)N1CCCC1c1ccc(N2CCNCC2)nc1. The van der Waals surface area contributed by atoms with Gasteiger partial charge in [0.15, 0.2) is 0 Å². The lowest BCUT2D eigenvalue weighted by Gasteiger charge is -2.29. The minimum atomic E-state index is -0.243. The van der Waals surface area contributed by atoms with Crippen LogP contribution in [0.1, 0.15) is 30.0 Å². The van der Waals surface area contributed by atoms with Crippen molar-refractivity contribution in [2.45, 2.75) is 25.5 Å². The van der Waals surface area contributed by atoms with E-state index in [2.05, 4.69) is 27.3 Å². The summed E-state index contributed by atoms with van der Waals surface area (Å²) < 4.78 is 5.53. The highest BCUT2D eigenvalue weighted by molar-refractivity contribution is 5.68. The second-order valence-electron chi connectivity index (χ2n) is 7.08. The highest BCUT2D eigenvalue weighted by atomic mass is 16.6. The summed E-state index contributed by atoms with van der Waals surface area (Å²) in [5, 5.41) is 3.36. The van der Waals surface area contributed by atoms with Gasteiger partial charge < -0.3 is 19.9 Å². The number of carbonyl (C=O) groups excluding carboxylic acids is 1. The van der Waals surface area contributed by atoms with Crippen LogP contribution in [-0.4, -0.2) is 48.7 Å². The lowest BCUT2D eigenvalue weighted by Crippen LogP contribution is -2.43. The zero-order chi connectivity index (χ0) is 18.5. The van der Waals surface area contributed by atoms with Crippen LogP contribution in [0.3, 0.4) is 0 Å². The van der Waals surface area contributed by atoms with E-state index in [1.54, 1.807) is 0 Å². The fourth-order valence-electron chi connectivity index (χ4n) is 3.81. The van der Waals surface area contributed by atoms with Crippen LogP contribution in [0, 0.1) is 0 Å². The van der Waals surface area contributed by atoms with Crippen LogP contribution in [-0.2, 0) is 11.3 Å². The molecule has 2 aliphatic heterocycles. The van der Waals surface area contributed by atoms with Crippen molar-refractivity contribution in [3.63, 3.8) is 0 Å². The van der Waals surface area contributed by atoms with E-state index < -0.39 is 0 Å². The van der Waals surface area contributed by atoms with Crippen molar-refractivity contribution in [1.29, 1.82) is 0 Å². The number of anilines is 1. The Bertz CT molecular complexity index is 745. The average Bonchev–Trinajstić information content (AvgIpc) is 3.24. The van der Waals surface area contributed by atoms with Crippen LogP contribution in [0.4, 0.5) is 10.6 Å². The first-order chi connectivity index (χ1) is 13.3. The van der Waals surface area contributed by atoms with Crippen molar-refractivity contribution in [1.82, 2.24) is 15.2 Å². The van der Waals surface area contributed by atoms with Crippen molar-refractivity contribution in [3.05, 3.63) is 59.8 Å². The predicted molar refractivity (Wildman–Crippen MR) is 105 cm³/mol. The monoisotopic (exact) mass is 366 g/mol. The fourth-order valence-corrected chi connectivity index (χ4v) is 3.81. The first kappa shape index (κ1) is 17.8. The number of ether oxygens (including phenoxy) is 1. The number of likely N-dealkylation sites (tertiary alicyclic amines) is 1. The van der Waals surface area contributed by atoms with E-state index in [-0.39, 0.29) is 12.1 Å². The number of rotatable bonds is 4. The van der Waals surface area contributed by atoms with Gasteiger partial charge in [-0.25, -0.2) is 9.78 Å². The molecule has 2 saturated heterocycles. The average molecular weight is 366 g/mol. The van der Waals surface area contributed by atoms with Crippen molar-refractivity contribution in [2.24, 2.45) is 0 Å². The van der Waals surface area contributed by atoms with E-state index in [1.165, 1.54) is 0 Å². The van der Waals surface area contributed by atoms with Gasteiger partial charge in [-0.05, 0) is 30.0 Å². The summed E-state index contributed by atoms with van der Waals surface area (Å²) in [6, 6.07) is 14.0. The van der Waals surface area contributed by atoms with Crippen molar-refractivity contribution < 1.29 is 9.53 Å². The van der Waals surface area contributed by atoms with Crippen LogP contribution in [0.5, 0.6) is 0 Å². The summed E-state index contributed by atoms with van der Waals surface area (Å²) >= 11 is 0. The molecule has 1 N–H and O–H groups in total. The molecule has 1 unspecified atom stereocenters. The standard InChI is InChI=1S/C21H26N4O2/c26-21(27-16-17-5-2-1-3-6-17)25-12-4-7-19(25)18-8-9-20(23-15-18)24-13-10-22-11-14-24/h1-3,5-6,8-9,15,19,22H,4,7,10-14,16H2. The largest absolute Gasteiger partial charge is 0.445 e. The van der Waals surface area contributed by atoms with E-state index in [9.17, 15) is 4.79 Å². The van der Waals surface area contributed by atoms with Crippen LogP contribution < -0.4 is 10.2 Å². The third-order valence-corrected chi connectivity index (χ3v) is 5.29. The van der Waals surface area contributed by atoms with E-state index in [1.807, 2.05) is 41.4 Å². The third-order valence-electron chi connectivity index (χ3n) is 5.29. The molecule has 1 amide bonds. The van der Waals surface area contributed by atoms with Crippen LogP contribution in [0.25, 0.3) is 0 Å². The summed E-state index contributed by atoms with van der Waals surface area (Å²) in [6.45, 7) is 4.99. The molecule has 4 rings (SSSR count). The molecule has 2 aromatic rings. The molecule has 142 valence electrons. The van der Waals surface area contributed by atoms with E-state index in [0.717, 1.165) is 62.5 Å².